The van der Waals surface area contributed by atoms with E-state index in [4.69, 9.17) is 0 Å². The smallest absolute Gasteiger partial charge is 0.263 e. The quantitative estimate of drug-likeness (QED) is 0.874. The fourth-order valence-electron chi connectivity index (χ4n) is 3.17. The van der Waals surface area contributed by atoms with Crippen molar-refractivity contribution in [3.63, 3.8) is 0 Å². The molecule has 1 fully saturated rings. The van der Waals surface area contributed by atoms with Gasteiger partial charge in [-0.05, 0) is 50.3 Å². The van der Waals surface area contributed by atoms with Gasteiger partial charge in [0.25, 0.3) is 11.8 Å². The summed E-state index contributed by atoms with van der Waals surface area (Å²) in [7, 11) is 0. The first-order chi connectivity index (χ1) is 12.6. The number of hydrogen-bond acceptors (Lipinski definition) is 4. The fraction of sp³-hybridized carbons (Fsp3) is 0.450. The monoisotopic (exact) mass is 371 g/mol. The Morgan fingerprint density at radius 3 is 2.69 bits per heavy atom. The topological polar surface area (TPSA) is 62.3 Å². The highest BCUT2D eigenvalue weighted by atomic mass is 32.1. The maximum Gasteiger partial charge on any atom is 0.263 e. The number of aryl methyl sites for hydroxylation is 2. The SMILES string of the molecule is CCc1nc(C)c(C(=O)NCc2cccc(C(=O)N3CCCCC3)c2)s1. The standard InChI is InChI=1S/C20H25N3O2S/c1-3-17-22-14(2)18(26-17)19(24)21-13-15-8-7-9-16(12-15)20(25)23-10-5-4-6-11-23/h7-9,12H,3-6,10-11,13H2,1-2H3,(H,21,24). The van der Waals surface area contributed by atoms with Crippen molar-refractivity contribution in [3.8, 4) is 0 Å². The zero-order valence-electron chi connectivity index (χ0n) is 15.4. The second kappa shape index (κ2) is 8.45. The number of benzene rings is 1. The Morgan fingerprint density at radius 1 is 1.23 bits per heavy atom. The van der Waals surface area contributed by atoms with E-state index in [-0.39, 0.29) is 11.8 Å². The molecule has 26 heavy (non-hydrogen) atoms. The van der Waals surface area contributed by atoms with E-state index in [1.54, 1.807) is 0 Å². The van der Waals surface area contributed by atoms with Gasteiger partial charge in [-0.3, -0.25) is 9.59 Å². The third kappa shape index (κ3) is 4.30. The minimum absolute atomic E-state index is 0.0868. The predicted molar refractivity (Wildman–Crippen MR) is 104 cm³/mol. The van der Waals surface area contributed by atoms with Crippen LogP contribution >= 0.6 is 11.3 Å². The molecular weight excluding hydrogens is 346 g/mol. The molecule has 1 saturated heterocycles. The van der Waals surface area contributed by atoms with Crippen LogP contribution in [0.3, 0.4) is 0 Å². The molecule has 0 bridgehead atoms. The van der Waals surface area contributed by atoms with Crippen LogP contribution in [0.5, 0.6) is 0 Å². The minimum Gasteiger partial charge on any atom is -0.347 e. The van der Waals surface area contributed by atoms with Crippen molar-refractivity contribution in [2.45, 2.75) is 46.1 Å². The van der Waals surface area contributed by atoms with E-state index >= 15 is 0 Å². The fourth-order valence-corrected chi connectivity index (χ4v) is 4.09. The van der Waals surface area contributed by atoms with Gasteiger partial charge in [-0.1, -0.05) is 19.1 Å². The van der Waals surface area contributed by atoms with Gasteiger partial charge < -0.3 is 10.2 Å². The number of hydrogen-bond donors (Lipinski definition) is 1. The lowest BCUT2D eigenvalue weighted by atomic mass is 10.1. The Bertz CT molecular complexity index is 794. The molecule has 1 aromatic heterocycles. The molecule has 0 saturated carbocycles. The van der Waals surface area contributed by atoms with Crippen LogP contribution in [-0.2, 0) is 13.0 Å². The molecule has 2 heterocycles. The first-order valence-corrected chi connectivity index (χ1v) is 10.0. The van der Waals surface area contributed by atoms with E-state index in [1.165, 1.54) is 17.8 Å². The molecule has 2 aromatic rings. The summed E-state index contributed by atoms with van der Waals surface area (Å²) >= 11 is 1.45. The van der Waals surface area contributed by atoms with E-state index in [2.05, 4.69) is 10.3 Å². The molecular formula is C20H25N3O2S. The molecule has 1 aromatic carbocycles. The number of nitrogens with one attached hydrogen (secondary N) is 1. The summed E-state index contributed by atoms with van der Waals surface area (Å²) in [6.07, 6.45) is 4.19. The average molecular weight is 372 g/mol. The van der Waals surface area contributed by atoms with Crippen molar-refractivity contribution in [3.05, 3.63) is 51.0 Å². The molecule has 2 amide bonds. The molecule has 1 N–H and O–H groups in total. The molecule has 0 unspecified atom stereocenters. The van der Waals surface area contributed by atoms with Crippen LogP contribution in [0.1, 0.15) is 62.5 Å². The maximum absolute atomic E-state index is 12.6. The number of rotatable bonds is 5. The Kier molecular flexibility index (Phi) is 6.04. The van der Waals surface area contributed by atoms with Crippen LogP contribution in [0.4, 0.5) is 0 Å². The highest BCUT2D eigenvalue weighted by Gasteiger charge is 2.18. The Balaban J connectivity index is 1.64. The lowest BCUT2D eigenvalue weighted by Gasteiger charge is -2.26. The van der Waals surface area contributed by atoms with Crippen LogP contribution in [0.25, 0.3) is 0 Å². The van der Waals surface area contributed by atoms with Gasteiger partial charge in [0.05, 0.1) is 10.7 Å². The van der Waals surface area contributed by atoms with Crippen LogP contribution in [-0.4, -0.2) is 34.8 Å². The summed E-state index contributed by atoms with van der Waals surface area (Å²) in [6, 6.07) is 7.55. The number of likely N-dealkylation sites (tertiary alicyclic amines) is 1. The van der Waals surface area contributed by atoms with Gasteiger partial charge in [0.1, 0.15) is 4.88 Å². The molecule has 0 atom stereocenters. The molecule has 0 aliphatic carbocycles. The summed E-state index contributed by atoms with van der Waals surface area (Å²) in [5, 5.41) is 3.92. The zero-order chi connectivity index (χ0) is 18.5. The van der Waals surface area contributed by atoms with Gasteiger partial charge in [0.15, 0.2) is 0 Å². The van der Waals surface area contributed by atoms with E-state index in [0.29, 0.717) is 17.0 Å². The number of carbonyl (C=O) groups excluding carboxylic acids is 2. The summed E-state index contributed by atoms with van der Waals surface area (Å²) in [5.41, 5.74) is 2.40. The second-order valence-corrected chi connectivity index (χ2v) is 7.70. The van der Waals surface area contributed by atoms with Crippen molar-refractivity contribution in [1.82, 2.24) is 15.2 Å². The van der Waals surface area contributed by atoms with Crippen molar-refractivity contribution in [1.29, 1.82) is 0 Å². The van der Waals surface area contributed by atoms with Gasteiger partial charge in [-0.15, -0.1) is 11.3 Å². The molecule has 0 spiro atoms. The molecule has 6 heteroatoms. The Labute approximate surface area is 158 Å². The third-order valence-electron chi connectivity index (χ3n) is 4.62. The number of thiazole rings is 1. The van der Waals surface area contributed by atoms with Gasteiger partial charge in [0, 0.05) is 25.2 Å². The number of carbonyl (C=O) groups is 2. The lowest BCUT2D eigenvalue weighted by molar-refractivity contribution is 0.0724. The van der Waals surface area contributed by atoms with Crippen LogP contribution in [0, 0.1) is 6.92 Å². The third-order valence-corrected chi connectivity index (χ3v) is 5.92. The van der Waals surface area contributed by atoms with Gasteiger partial charge in [-0.25, -0.2) is 4.98 Å². The highest BCUT2D eigenvalue weighted by Crippen LogP contribution is 2.19. The average Bonchev–Trinajstić information content (AvgIpc) is 3.07. The van der Waals surface area contributed by atoms with Crippen molar-refractivity contribution < 1.29 is 9.59 Å². The van der Waals surface area contributed by atoms with E-state index in [1.807, 2.05) is 43.0 Å². The highest BCUT2D eigenvalue weighted by molar-refractivity contribution is 7.13. The van der Waals surface area contributed by atoms with Crippen LogP contribution < -0.4 is 5.32 Å². The number of nitrogens with zero attached hydrogens (tertiary/aromatic N) is 2. The molecule has 0 radical (unpaired) electrons. The molecule has 1 aliphatic heterocycles. The first-order valence-electron chi connectivity index (χ1n) is 9.21. The minimum atomic E-state index is -0.104. The normalized spacial score (nSPS) is 14.3. The maximum atomic E-state index is 12.6. The van der Waals surface area contributed by atoms with E-state index < -0.39 is 0 Å². The number of piperidine rings is 1. The molecule has 3 rings (SSSR count). The molecule has 138 valence electrons. The summed E-state index contributed by atoms with van der Waals surface area (Å²) in [6.45, 7) is 5.97. The second-order valence-electron chi connectivity index (χ2n) is 6.61. The van der Waals surface area contributed by atoms with Crippen LogP contribution in [0.15, 0.2) is 24.3 Å². The van der Waals surface area contributed by atoms with Crippen molar-refractivity contribution >= 4 is 23.2 Å². The van der Waals surface area contributed by atoms with E-state index in [0.717, 1.165) is 48.6 Å². The largest absolute Gasteiger partial charge is 0.347 e. The van der Waals surface area contributed by atoms with Gasteiger partial charge in [-0.2, -0.15) is 0 Å². The van der Waals surface area contributed by atoms with E-state index in [9.17, 15) is 9.59 Å². The summed E-state index contributed by atoms with van der Waals surface area (Å²) < 4.78 is 0. The van der Waals surface area contributed by atoms with Gasteiger partial charge >= 0.3 is 0 Å². The molecule has 1 aliphatic rings. The Hall–Kier alpha value is -2.21. The van der Waals surface area contributed by atoms with Crippen molar-refractivity contribution in [2.24, 2.45) is 0 Å². The molecule has 5 nitrogen and oxygen atoms in total. The summed E-state index contributed by atoms with van der Waals surface area (Å²) in [5.74, 6) is -0.0174. The van der Waals surface area contributed by atoms with Crippen LogP contribution in [0.2, 0.25) is 0 Å². The Morgan fingerprint density at radius 2 is 2.00 bits per heavy atom. The predicted octanol–water partition coefficient (Wildman–Crippen LogP) is 3.57. The van der Waals surface area contributed by atoms with Crippen molar-refractivity contribution in [2.75, 3.05) is 13.1 Å². The zero-order valence-corrected chi connectivity index (χ0v) is 16.2. The lowest BCUT2D eigenvalue weighted by Crippen LogP contribution is -2.35. The number of amides is 2. The summed E-state index contributed by atoms with van der Waals surface area (Å²) in [4.78, 5) is 32.0. The number of aromatic nitrogens is 1. The van der Waals surface area contributed by atoms with Gasteiger partial charge in [0.2, 0.25) is 0 Å². The first kappa shape index (κ1) is 18.6.